The Labute approximate surface area is 205 Å². The lowest BCUT2D eigenvalue weighted by molar-refractivity contribution is -0.126. The maximum absolute atomic E-state index is 14.4. The molecule has 1 aliphatic heterocycles. The van der Waals surface area contributed by atoms with Gasteiger partial charge in [0.2, 0.25) is 17.5 Å². The van der Waals surface area contributed by atoms with E-state index in [9.17, 15) is 14.4 Å². The summed E-state index contributed by atoms with van der Waals surface area (Å²) in [6.07, 6.45) is 7.57. The van der Waals surface area contributed by atoms with E-state index in [1.807, 2.05) is 11.0 Å². The molecule has 0 bridgehead atoms. The predicted molar refractivity (Wildman–Crippen MR) is 127 cm³/mol. The van der Waals surface area contributed by atoms with E-state index in [0.29, 0.717) is 49.1 Å². The molecule has 0 aliphatic carbocycles. The zero-order valence-electron chi connectivity index (χ0n) is 19.0. The number of carbonyl (C=O) groups excluding carboxylic acids is 1. The standard InChI is InChI=1S/C26H20FN5O4/c27-20-15-18(5-7-22(20)35-19-3-1-9-29-17-19)6-8-24(33)31-10-12-32(13-11-31)26-21(16-28)30-25(36-26)23-4-2-14-34-23/h1-9,14-15,17H,10-13H2/b8-6+. The van der Waals surface area contributed by atoms with E-state index < -0.39 is 5.82 Å². The van der Waals surface area contributed by atoms with Crippen LogP contribution in [0.4, 0.5) is 10.3 Å². The van der Waals surface area contributed by atoms with Gasteiger partial charge in [0.1, 0.15) is 11.8 Å². The van der Waals surface area contributed by atoms with Gasteiger partial charge in [-0.05, 0) is 48.0 Å². The Balaban J connectivity index is 1.19. The van der Waals surface area contributed by atoms with Crippen molar-refractivity contribution in [2.75, 3.05) is 31.1 Å². The summed E-state index contributed by atoms with van der Waals surface area (Å²) in [4.78, 5) is 24.4. The maximum atomic E-state index is 14.4. The first-order chi connectivity index (χ1) is 17.6. The number of aromatic nitrogens is 2. The minimum Gasteiger partial charge on any atom is -0.459 e. The molecule has 0 N–H and O–H groups in total. The molecule has 3 aromatic heterocycles. The van der Waals surface area contributed by atoms with E-state index in [1.54, 1.807) is 47.5 Å². The normalized spacial score (nSPS) is 13.7. The van der Waals surface area contributed by atoms with Crippen LogP contribution >= 0.6 is 0 Å². The number of piperazine rings is 1. The van der Waals surface area contributed by atoms with Crippen molar-refractivity contribution in [1.29, 1.82) is 5.26 Å². The van der Waals surface area contributed by atoms with Gasteiger partial charge in [0, 0.05) is 38.5 Å². The summed E-state index contributed by atoms with van der Waals surface area (Å²) in [6, 6.07) is 13.3. The Bertz CT molecular complexity index is 1420. The number of nitrogens with zero attached hydrogens (tertiary/aromatic N) is 5. The Kier molecular flexibility index (Phi) is 6.44. The fraction of sp³-hybridized carbons (Fsp3) is 0.154. The largest absolute Gasteiger partial charge is 0.459 e. The highest BCUT2D eigenvalue weighted by Gasteiger charge is 2.26. The lowest BCUT2D eigenvalue weighted by Gasteiger charge is -2.33. The van der Waals surface area contributed by atoms with Crippen LogP contribution in [0.5, 0.6) is 11.5 Å². The molecule has 1 amide bonds. The van der Waals surface area contributed by atoms with E-state index in [1.165, 1.54) is 30.7 Å². The van der Waals surface area contributed by atoms with Crippen molar-refractivity contribution in [1.82, 2.24) is 14.9 Å². The molecule has 0 spiro atoms. The van der Waals surface area contributed by atoms with Gasteiger partial charge in [-0.1, -0.05) is 6.07 Å². The molecule has 36 heavy (non-hydrogen) atoms. The van der Waals surface area contributed by atoms with Crippen LogP contribution in [0.25, 0.3) is 17.7 Å². The van der Waals surface area contributed by atoms with Crippen LogP contribution in [-0.2, 0) is 4.79 Å². The first-order valence-electron chi connectivity index (χ1n) is 11.1. The highest BCUT2D eigenvalue weighted by Crippen LogP contribution is 2.29. The molecule has 0 atom stereocenters. The first-order valence-corrected chi connectivity index (χ1v) is 11.1. The molecular weight excluding hydrogens is 465 g/mol. The highest BCUT2D eigenvalue weighted by molar-refractivity contribution is 5.92. The maximum Gasteiger partial charge on any atom is 0.266 e. The second-order valence-corrected chi connectivity index (χ2v) is 7.89. The van der Waals surface area contributed by atoms with E-state index in [2.05, 4.69) is 9.97 Å². The zero-order chi connectivity index (χ0) is 24.9. The summed E-state index contributed by atoms with van der Waals surface area (Å²) in [5, 5.41) is 9.45. The minimum atomic E-state index is -0.545. The van der Waals surface area contributed by atoms with Gasteiger partial charge in [-0.2, -0.15) is 10.2 Å². The number of anilines is 1. The number of carbonyl (C=O) groups is 1. The number of hydrogen-bond donors (Lipinski definition) is 0. The summed E-state index contributed by atoms with van der Waals surface area (Å²) in [6.45, 7) is 1.79. The number of oxazole rings is 1. The van der Waals surface area contributed by atoms with Crippen molar-refractivity contribution >= 4 is 17.9 Å². The van der Waals surface area contributed by atoms with Gasteiger partial charge in [0.25, 0.3) is 5.89 Å². The van der Waals surface area contributed by atoms with Gasteiger partial charge in [-0.3, -0.25) is 9.78 Å². The molecule has 0 saturated carbocycles. The fourth-order valence-electron chi connectivity index (χ4n) is 3.75. The third-order valence-electron chi connectivity index (χ3n) is 5.56. The summed E-state index contributed by atoms with van der Waals surface area (Å²) in [7, 11) is 0. The molecular formula is C26H20FN5O4. The van der Waals surface area contributed by atoms with Gasteiger partial charge < -0.3 is 23.4 Å². The van der Waals surface area contributed by atoms with Gasteiger partial charge >= 0.3 is 0 Å². The van der Waals surface area contributed by atoms with Crippen molar-refractivity contribution < 1.29 is 22.8 Å². The number of nitriles is 1. The smallest absolute Gasteiger partial charge is 0.266 e. The van der Waals surface area contributed by atoms with Gasteiger partial charge in [-0.25, -0.2) is 4.39 Å². The average Bonchev–Trinajstić information content (AvgIpc) is 3.60. The molecule has 1 fully saturated rings. The van der Waals surface area contributed by atoms with Crippen LogP contribution in [0.1, 0.15) is 11.3 Å². The first kappa shape index (κ1) is 22.9. The summed E-state index contributed by atoms with van der Waals surface area (Å²) in [5.41, 5.74) is 0.697. The molecule has 10 heteroatoms. The van der Waals surface area contributed by atoms with Crippen molar-refractivity contribution in [2.24, 2.45) is 0 Å². The molecule has 5 rings (SSSR count). The number of benzene rings is 1. The molecule has 0 radical (unpaired) electrons. The lowest BCUT2D eigenvalue weighted by Crippen LogP contribution is -2.48. The van der Waals surface area contributed by atoms with Crippen LogP contribution in [0.3, 0.4) is 0 Å². The quantitative estimate of drug-likeness (QED) is 0.368. The lowest BCUT2D eigenvalue weighted by atomic mass is 10.2. The van der Waals surface area contributed by atoms with Gasteiger partial charge in [-0.15, -0.1) is 0 Å². The monoisotopic (exact) mass is 485 g/mol. The van der Waals surface area contributed by atoms with Crippen LogP contribution in [0.15, 0.2) is 76.0 Å². The number of amides is 1. The second-order valence-electron chi connectivity index (χ2n) is 7.89. The Morgan fingerprint density at radius 2 is 2.03 bits per heavy atom. The molecule has 4 aromatic rings. The number of pyridine rings is 1. The van der Waals surface area contributed by atoms with Crippen molar-refractivity contribution in [2.45, 2.75) is 0 Å². The molecule has 1 saturated heterocycles. The van der Waals surface area contributed by atoms with Crippen molar-refractivity contribution in [3.05, 3.63) is 84.3 Å². The van der Waals surface area contributed by atoms with Crippen LogP contribution in [-0.4, -0.2) is 47.0 Å². The minimum absolute atomic E-state index is 0.0713. The number of hydrogen-bond acceptors (Lipinski definition) is 8. The molecule has 1 aliphatic rings. The number of halogens is 1. The van der Waals surface area contributed by atoms with Crippen molar-refractivity contribution in [3.63, 3.8) is 0 Å². The predicted octanol–water partition coefficient (Wildman–Crippen LogP) is 4.49. The SMILES string of the molecule is N#Cc1nc(-c2ccco2)oc1N1CCN(C(=O)/C=C/c2ccc(Oc3cccnc3)c(F)c2)CC1. The van der Waals surface area contributed by atoms with E-state index in [0.717, 1.165) is 0 Å². The van der Waals surface area contributed by atoms with E-state index in [4.69, 9.17) is 13.6 Å². The van der Waals surface area contributed by atoms with E-state index >= 15 is 0 Å². The fourth-order valence-corrected chi connectivity index (χ4v) is 3.75. The second kappa shape index (κ2) is 10.1. The van der Waals surface area contributed by atoms with Gasteiger partial charge in [0.15, 0.2) is 17.3 Å². The molecule has 180 valence electrons. The average molecular weight is 485 g/mol. The van der Waals surface area contributed by atoms with Crippen molar-refractivity contribution in [3.8, 4) is 29.2 Å². The molecule has 1 aromatic carbocycles. The Morgan fingerprint density at radius 3 is 2.72 bits per heavy atom. The third-order valence-corrected chi connectivity index (χ3v) is 5.56. The summed E-state index contributed by atoms with van der Waals surface area (Å²) < 4.78 is 31.0. The van der Waals surface area contributed by atoms with Gasteiger partial charge in [0.05, 0.1) is 12.5 Å². The topological polar surface area (TPSA) is 109 Å². The zero-order valence-corrected chi connectivity index (χ0v) is 19.0. The van der Waals surface area contributed by atoms with E-state index in [-0.39, 0.29) is 23.2 Å². The summed E-state index contributed by atoms with van der Waals surface area (Å²) >= 11 is 0. The number of furan rings is 1. The van der Waals surface area contributed by atoms with Crippen LogP contribution < -0.4 is 9.64 Å². The Hall–Kier alpha value is -4.91. The van der Waals surface area contributed by atoms with Crippen LogP contribution in [0.2, 0.25) is 0 Å². The number of rotatable bonds is 6. The van der Waals surface area contributed by atoms with Crippen LogP contribution in [0, 0.1) is 17.1 Å². The molecule has 0 unspecified atom stereocenters. The summed E-state index contributed by atoms with van der Waals surface area (Å²) in [5.74, 6) is 0.786. The third kappa shape index (κ3) is 4.95. The molecule has 9 nitrogen and oxygen atoms in total. The Morgan fingerprint density at radius 1 is 1.17 bits per heavy atom. The molecule has 4 heterocycles. The number of ether oxygens (including phenoxy) is 1. The highest BCUT2D eigenvalue weighted by atomic mass is 19.1.